The van der Waals surface area contributed by atoms with Gasteiger partial charge in [0.1, 0.15) is 6.54 Å². The van der Waals surface area contributed by atoms with E-state index in [1.807, 2.05) is 4.72 Å². The summed E-state index contributed by atoms with van der Waals surface area (Å²) in [6, 6.07) is 4.97. The van der Waals surface area contributed by atoms with E-state index in [-0.39, 0.29) is 5.69 Å². The minimum absolute atomic E-state index is 0.144. The molecule has 0 radical (unpaired) electrons. The molecule has 0 aliphatic carbocycles. The van der Waals surface area contributed by atoms with Gasteiger partial charge in [0.05, 0.1) is 10.7 Å². The number of hydrogen-bond acceptors (Lipinski definition) is 5. The Morgan fingerprint density at radius 2 is 1.89 bits per heavy atom. The van der Waals surface area contributed by atoms with E-state index in [2.05, 4.69) is 0 Å². The van der Waals surface area contributed by atoms with Gasteiger partial charge in [0.25, 0.3) is 5.69 Å². The van der Waals surface area contributed by atoms with E-state index in [9.17, 15) is 23.3 Å². The van der Waals surface area contributed by atoms with E-state index < -0.39 is 33.2 Å². The van der Waals surface area contributed by atoms with Crippen LogP contribution in [0.2, 0.25) is 0 Å². The number of carbonyl (C=O) groups is 1. The number of nitrogens with zero attached hydrogens (tertiary/aromatic N) is 1. The second-order valence-corrected chi connectivity index (χ2v) is 5.20. The molecule has 0 aliphatic rings. The molecule has 2 N–H and O–H groups in total. The van der Waals surface area contributed by atoms with Crippen LogP contribution in [0.15, 0.2) is 24.3 Å². The molecular formula is C9H10N2O6S. The summed E-state index contributed by atoms with van der Waals surface area (Å²) in [5.41, 5.74) is 0.188. The fourth-order valence-electron chi connectivity index (χ4n) is 1.16. The van der Waals surface area contributed by atoms with Gasteiger partial charge in [-0.25, -0.2) is 13.1 Å². The van der Waals surface area contributed by atoms with Crippen LogP contribution in [0.5, 0.6) is 0 Å². The fraction of sp³-hybridized carbons (Fsp3) is 0.222. The van der Waals surface area contributed by atoms with Gasteiger partial charge in [0, 0.05) is 12.1 Å². The summed E-state index contributed by atoms with van der Waals surface area (Å²) in [4.78, 5) is 20.0. The summed E-state index contributed by atoms with van der Waals surface area (Å²) in [5, 5.41) is 18.7. The van der Waals surface area contributed by atoms with Crippen LogP contribution in [-0.4, -0.2) is 31.0 Å². The van der Waals surface area contributed by atoms with Crippen molar-refractivity contribution in [2.45, 2.75) is 5.75 Å². The third kappa shape index (κ3) is 4.47. The molecule has 8 nitrogen and oxygen atoms in total. The molecule has 1 aromatic carbocycles. The summed E-state index contributed by atoms with van der Waals surface area (Å²) >= 11 is 0. The molecule has 0 spiro atoms. The van der Waals surface area contributed by atoms with Gasteiger partial charge in [-0.2, -0.15) is 0 Å². The lowest BCUT2D eigenvalue weighted by molar-refractivity contribution is -0.384. The maximum atomic E-state index is 11.4. The zero-order chi connectivity index (χ0) is 13.8. The molecule has 0 heterocycles. The van der Waals surface area contributed by atoms with Crippen molar-refractivity contribution in [2.24, 2.45) is 0 Å². The molecule has 0 saturated heterocycles. The van der Waals surface area contributed by atoms with E-state index in [1.54, 1.807) is 0 Å². The number of aliphatic carboxylic acids is 1. The molecule has 1 aromatic rings. The van der Waals surface area contributed by atoms with Gasteiger partial charge in [-0.1, -0.05) is 12.1 Å². The third-order valence-electron chi connectivity index (χ3n) is 1.95. The van der Waals surface area contributed by atoms with Crippen LogP contribution in [0.4, 0.5) is 5.69 Å². The van der Waals surface area contributed by atoms with Crippen LogP contribution in [0.3, 0.4) is 0 Å². The van der Waals surface area contributed by atoms with Gasteiger partial charge in [-0.3, -0.25) is 14.9 Å². The van der Waals surface area contributed by atoms with Crippen molar-refractivity contribution in [1.82, 2.24) is 4.72 Å². The Balaban J connectivity index is 2.72. The zero-order valence-electron chi connectivity index (χ0n) is 9.07. The van der Waals surface area contributed by atoms with Gasteiger partial charge < -0.3 is 5.11 Å². The fourth-order valence-corrected chi connectivity index (χ4v) is 2.23. The first-order valence-electron chi connectivity index (χ1n) is 4.72. The molecule has 0 amide bonds. The second-order valence-electron chi connectivity index (χ2n) is 3.40. The lowest BCUT2D eigenvalue weighted by atomic mass is 10.2. The van der Waals surface area contributed by atoms with Crippen LogP contribution >= 0.6 is 0 Å². The Morgan fingerprint density at radius 3 is 2.33 bits per heavy atom. The average molecular weight is 274 g/mol. The average Bonchev–Trinajstić information content (AvgIpc) is 2.27. The molecule has 1 rings (SSSR count). The number of nitro groups is 1. The maximum absolute atomic E-state index is 11.4. The predicted octanol–water partition coefficient (Wildman–Crippen LogP) is 0.0988. The van der Waals surface area contributed by atoms with E-state index >= 15 is 0 Å². The third-order valence-corrected chi connectivity index (χ3v) is 3.24. The molecule has 0 fully saturated rings. The first-order valence-corrected chi connectivity index (χ1v) is 6.38. The number of carboxylic acids is 1. The minimum atomic E-state index is -3.76. The molecule has 0 aliphatic heterocycles. The van der Waals surface area contributed by atoms with Crippen molar-refractivity contribution in [3.05, 3.63) is 39.9 Å². The van der Waals surface area contributed by atoms with E-state index in [1.165, 1.54) is 24.3 Å². The van der Waals surface area contributed by atoms with Crippen LogP contribution in [0.1, 0.15) is 5.56 Å². The molecule has 0 atom stereocenters. The molecular weight excluding hydrogens is 264 g/mol. The van der Waals surface area contributed by atoms with Gasteiger partial charge in [-0.05, 0) is 5.56 Å². The van der Waals surface area contributed by atoms with E-state index in [4.69, 9.17) is 5.11 Å². The van der Waals surface area contributed by atoms with E-state index in [0.29, 0.717) is 5.56 Å². The summed E-state index contributed by atoms with van der Waals surface area (Å²) in [5.74, 6) is -1.72. The topological polar surface area (TPSA) is 127 Å². The smallest absolute Gasteiger partial charge is 0.318 e. The number of nitro benzene ring substituents is 1. The zero-order valence-corrected chi connectivity index (χ0v) is 9.88. The highest BCUT2D eigenvalue weighted by Crippen LogP contribution is 2.13. The van der Waals surface area contributed by atoms with Crippen LogP contribution in [-0.2, 0) is 20.6 Å². The molecule has 0 aromatic heterocycles. The lowest BCUT2D eigenvalue weighted by Gasteiger charge is -2.04. The predicted molar refractivity (Wildman–Crippen MR) is 61.4 cm³/mol. The summed E-state index contributed by atoms with van der Waals surface area (Å²) < 4.78 is 24.7. The lowest BCUT2D eigenvalue weighted by Crippen LogP contribution is -2.30. The van der Waals surface area contributed by atoms with Crippen molar-refractivity contribution in [2.75, 3.05) is 6.54 Å². The highest BCUT2D eigenvalue weighted by Gasteiger charge is 2.13. The molecule has 18 heavy (non-hydrogen) atoms. The Hall–Kier alpha value is -2.00. The Kier molecular flexibility index (Phi) is 4.34. The van der Waals surface area contributed by atoms with Crippen molar-refractivity contribution in [1.29, 1.82) is 0 Å². The Morgan fingerprint density at radius 1 is 1.33 bits per heavy atom. The molecule has 0 saturated carbocycles. The van der Waals surface area contributed by atoms with Crippen LogP contribution in [0.25, 0.3) is 0 Å². The first kappa shape index (κ1) is 14.1. The van der Waals surface area contributed by atoms with Gasteiger partial charge >= 0.3 is 5.97 Å². The van der Waals surface area contributed by atoms with Crippen molar-refractivity contribution in [3.63, 3.8) is 0 Å². The monoisotopic (exact) mass is 274 g/mol. The van der Waals surface area contributed by atoms with Gasteiger partial charge in [0.15, 0.2) is 0 Å². The van der Waals surface area contributed by atoms with Crippen molar-refractivity contribution in [3.8, 4) is 0 Å². The number of sulfonamides is 1. The molecule has 98 valence electrons. The SMILES string of the molecule is O=C(O)CNS(=O)(=O)Cc1ccc([N+](=O)[O-])cc1. The van der Waals surface area contributed by atoms with Crippen LogP contribution in [0, 0.1) is 10.1 Å². The number of benzene rings is 1. The molecule has 9 heteroatoms. The second kappa shape index (κ2) is 5.56. The van der Waals surface area contributed by atoms with Gasteiger partial charge in [-0.15, -0.1) is 0 Å². The van der Waals surface area contributed by atoms with Crippen molar-refractivity contribution < 1.29 is 23.2 Å². The quantitative estimate of drug-likeness (QED) is 0.559. The van der Waals surface area contributed by atoms with Crippen molar-refractivity contribution >= 4 is 21.7 Å². The maximum Gasteiger partial charge on any atom is 0.318 e. The summed E-state index contributed by atoms with van der Waals surface area (Å²) in [6.07, 6.45) is 0. The number of non-ortho nitro benzene ring substituents is 1. The van der Waals surface area contributed by atoms with Crippen LogP contribution < -0.4 is 4.72 Å². The van der Waals surface area contributed by atoms with E-state index in [0.717, 1.165) is 0 Å². The van der Waals surface area contributed by atoms with Gasteiger partial charge in [0.2, 0.25) is 10.0 Å². The number of rotatable bonds is 6. The Labute approximate surface area is 102 Å². The highest BCUT2D eigenvalue weighted by molar-refractivity contribution is 7.88. The summed E-state index contributed by atoms with van der Waals surface area (Å²) in [7, 11) is -3.76. The highest BCUT2D eigenvalue weighted by atomic mass is 32.2. The largest absolute Gasteiger partial charge is 0.480 e. The summed E-state index contributed by atoms with van der Waals surface area (Å²) in [6.45, 7) is -0.699. The number of nitrogens with one attached hydrogen (secondary N) is 1. The standard InChI is InChI=1S/C9H10N2O6S/c12-9(13)5-10-18(16,17)6-7-1-3-8(4-2-7)11(14)15/h1-4,10H,5-6H2,(H,12,13). The molecule has 0 unspecified atom stereocenters. The normalized spacial score (nSPS) is 11.1. The Bertz CT molecular complexity index is 551. The first-order chi connectivity index (χ1) is 8.30. The minimum Gasteiger partial charge on any atom is -0.480 e. The molecule has 0 bridgehead atoms. The number of hydrogen-bond donors (Lipinski definition) is 2. The number of carboxylic acid groups (broad SMARTS) is 1.